The van der Waals surface area contributed by atoms with Crippen molar-refractivity contribution >= 4 is 0 Å². The monoisotopic (exact) mass is 143 g/mol. The molecule has 0 aliphatic carbocycles. The first-order valence-corrected chi connectivity index (χ1v) is 4.00. The average Bonchev–Trinajstić information content (AvgIpc) is 1.87. The van der Waals surface area contributed by atoms with Crippen LogP contribution in [0.2, 0.25) is 0 Å². The average molecular weight is 143 g/mol. The third-order valence-electron chi connectivity index (χ3n) is 2.63. The predicted molar refractivity (Wildman–Crippen MR) is 41.8 cm³/mol. The first-order valence-electron chi connectivity index (χ1n) is 4.00. The second kappa shape index (κ2) is 2.89. The topological polar surface area (TPSA) is 35.2 Å². The molecular weight excluding hydrogens is 126 g/mol. The quantitative estimate of drug-likeness (QED) is 0.640. The molecule has 1 atom stereocenters. The van der Waals surface area contributed by atoms with Crippen LogP contribution < -0.4 is 5.73 Å². The van der Waals surface area contributed by atoms with Crippen LogP contribution in [0.15, 0.2) is 0 Å². The standard InChI is InChI=1S/C8H17NO/c1-3-7(4-9)8(2)5-10-6-8/h7H,3-6,9H2,1-2H3. The fourth-order valence-corrected chi connectivity index (χ4v) is 1.60. The Labute approximate surface area is 62.7 Å². The molecule has 0 aromatic rings. The highest BCUT2D eigenvalue weighted by molar-refractivity contribution is 4.87. The van der Waals surface area contributed by atoms with Gasteiger partial charge >= 0.3 is 0 Å². The summed E-state index contributed by atoms with van der Waals surface area (Å²) in [6.45, 7) is 7.07. The number of hydrogen-bond donors (Lipinski definition) is 1. The molecule has 0 aromatic heterocycles. The second-order valence-corrected chi connectivity index (χ2v) is 3.49. The zero-order valence-corrected chi connectivity index (χ0v) is 6.89. The zero-order chi connectivity index (χ0) is 7.61. The van der Waals surface area contributed by atoms with E-state index < -0.39 is 0 Å². The highest BCUT2D eigenvalue weighted by Crippen LogP contribution is 2.36. The molecule has 0 amide bonds. The molecule has 1 saturated heterocycles. The molecule has 2 heteroatoms. The summed E-state index contributed by atoms with van der Waals surface area (Å²) in [6, 6.07) is 0. The molecule has 0 aromatic carbocycles. The van der Waals surface area contributed by atoms with Crippen LogP contribution in [0.25, 0.3) is 0 Å². The molecule has 1 heterocycles. The summed E-state index contributed by atoms with van der Waals surface area (Å²) in [5, 5.41) is 0. The summed E-state index contributed by atoms with van der Waals surface area (Å²) in [4.78, 5) is 0. The lowest BCUT2D eigenvalue weighted by molar-refractivity contribution is -0.133. The van der Waals surface area contributed by atoms with Gasteiger partial charge in [-0.05, 0) is 12.5 Å². The van der Waals surface area contributed by atoms with Crippen molar-refractivity contribution in [1.82, 2.24) is 0 Å². The number of rotatable bonds is 3. The SMILES string of the molecule is CCC(CN)C1(C)COC1. The van der Waals surface area contributed by atoms with E-state index in [0.29, 0.717) is 11.3 Å². The number of ether oxygens (including phenoxy) is 1. The molecule has 2 nitrogen and oxygen atoms in total. The molecule has 0 radical (unpaired) electrons. The number of nitrogens with two attached hydrogens (primary N) is 1. The largest absolute Gasteiger partial charge is 0.380 e. The molecule has 0 bridgehead atoms. The molecule has 2 N–H and O–H groups in total. The van der Waals surface area contributed by atoms with Crippen LogP contribution >= 0.6 is 0 Å². The van der Waals surface area contributed by atoms with E-state index in [1.807, 2.05) is 0 Å². The lowest BCUT2D eigenvalue weighted by Crippen LogP contribution is -2.48. The van der Waals surface area contributed by atoms with Gasteiger partial charge in [-0.1, -0.05) is 20.3 Å². The van der Waals surface area contributed by atoms with E-state index in [1.165, 1.54) is 6.42 Å². The highest BCUT2D eigenvalue weighted by Gasteiger charge is 2.39. The smallest absolute Gasteiger partial charge is 0.0545 e. The molecule has 10 heavy (non-hydrogen) atoms. The molecule has 1 unspecified atom stereocenters. The molecule has 0 saturated carbocycles. The normalized spacial score (nSPS) is 25.5. The van der Waals surface area contributed by atoms with E-state index in [9.17, 15) is 0 Å². The Morgan fingerprint density at radius 1 is 1.60 bits per heavy atom. The fourth-order valence-electron chi connectivity index (χ4n) is 1.60. The van der Waals surface area contributed by atoms with E-state index in [0.717, 1.165) is 19.8 Å². The van der Waals surface area contributed by atoms with Gasteiger partial charge in [0.1, 0.15) is 0 Å². The minimum atomic E-state index is 0.392. The molecule has 60 valence electrons. The third-order valence-corrected chi connectivity index (χ3v) is 2.63. The van der Waals surface area contributed by atoms with Gasteiger partial charge in [0.05, 0.1) is 13.2 Å². The van der Waals surface area contributed by atoms with Gasteiger partial charge in [0, 0.05) is 5.41 Å². The van der Waals surface area contributed by atoms with Crippen molar-refractivity contribution in [3.05, 3.63) is 0 Å². The zero-order valence-electron chi connectivity index (χ0n) is 6.89. The Morgan fingerprint density at radius 3 is 2.30 bits per heavy atom. The van der Waals surface area contributed by atoms with E-state index in [-0.39, 0.29) is 0 Å². The van der Waals surface area contributed by atoms with Gasteiger partial charge in [0.15, 0.2) is 0 Å². The Bertz CT molecular complexity index is 106. The summed E-state index contributed by atoms with van der Waals surface area (Å²) < 4.78 is 5.17. The van der Waals surface area contributed by atoms with Crippen molar-refractivity contribution in [2.24, 2.45) is 17.1 Å². The van der Waals surface area contributed by atoms with Gasteiger partial charge in [-0.15, -0.1) is 0 Å². The van der Waals surface area contributed by atoms with Crippen molar-refractivity contribution < 1.29 is 4.74 Å². The lowest BCUT2D eigenvalue weighted by Gasteiger charge is -2.43. The number of hydrogen-bond acceptors (Lipinski definition) is 2. The van der Waals surface area contributed by atoms with Crippen molar-refractivity contribution in [1.29, 1.82) is 0 Å². The summed E-state index contributed by atoms with van der Waals surface area (Å²) in [5.74, 6) is 0.654. The van der Waals surface area contributed by atoms with Crippen molar-refractivity contribution in [3.8, 4) is 0 Å². The van der Waals surface area contributed by atoms with E-state index in [2.05, 4.69) is 13.8 Å². The van der Waals surface area contributed by atoms with Gasteiger partial charge in [-0.2, -0.15) is 0 Å². The summed E-state index contributed by atoms with van der Waals surface area (Å²) in [5.41, 5.74) is 6.02. The molecule has 1 aliphatic rings. The maximum Gasteiger partial charge on any atom is 0.0545 e. The van der Waals surface area contributed by atoms with Gasteiger partial charge in [0.2, 0.25) is 0 Å². The van der Waals surface area contributed by atoms with Crippen LogP contribution in [-0.2, 0) is 4.74 Å². The van der Waals surface area contributed by atoms with Crippen molar-refractivity contribution in [3.63, 3.8) is 0 Å². The summed E-state index contributed by atoms with van der Waals surface area (Å²) in [6.07, 6.45) is 1.18. The third kappa shape index (κ3) is 1.18. The maximum absolute atomic E-state index is 5.62. The van der Waals surface area contributed by atoms with Crippen LogP contribution in [0.1, 0.15) is 20.3 Å². The first-order chi connectivity index (χ1) is 4.73. The van der Waals surface area contributed by atoms with E-state index >= 15 is 0 Å². The minimum Gasteiger partial charge on any atom is -0.380 e. The Balaban J connectivity index is 2.43. The highest BCUT2D eigenvalue weighted by atomic mass is 16.5. The van der Waals surface area contributed by atoms with E-state index in [1.54, 1.807) is 0 Å². The first kappa shape index (κ1) is 8.02. The molecule has 1 aliphatic heterocycles. The Hall–Kier alpha value is -0.0800. The predicted octanol–water partition coefficient (Wildman–Crippen LogP) is 1.01. The minimum absolute atomic E-state index is 0.392. The van der Waals surface area contributed by atoms with Crippen LogP contribution in [0.4, 0.5) is 0 Å². The van der Waals surface area contributed by atoms with Crippen LogP contribution in [-0.4, -0.2) is 19.8 Å². The van der Waals surface area contributed by atoms with Gasteiger partial charge in [-0.25, -0.2) is 0 Å². The van der Waals surface area contributed by atoms with E-state index in [4.69, 9.17) is 10.5 Å². The van der Waals surface area contributed by atoms with Gasteiger partial charge < -0.3 is 10.5 Å². The summed E-state index contributed by atoms with van der Waals surface area (Å²) >= 11 is 0. The lowest BCUT2D eigenvalue weighted by atomic mass is 9.74. The van der Waals surface area contributed by atoms with Crippen molar-refractivity contribution in [2.75, 3.05) is 19.8 Å². The molecule has 1 fully saturated rings. The summed E-state index contributed by atoms with van der Waals surface area (Å²) in [7, 11) is 0. The van der Waals surface area contributed by atoms with Crippen molar-refractivity contribution in [2.45, 2.75) is 20.3 Å². The Kier molecular flexibility index (Phi) is 2.32. The van der Waals surface area contributed by atoms with Crippen LogP contribution in [0.5, 0.6) is 0 Å². The molecule has 0 spiro atoms. The maximum atomic E-state index is 5.62. The van der Waals surface area contributed by atoms with Gasteiger partial charge in [-0.3, -0.25) is 0 Å². The van der Waals surface area contributed by atoms with Crippen LogP contribution in [0, 0.1) is 11.3 Å². The molecule has 1 rings (SSSR count). The molecular formula is C8H17NO. The Morgan fingerprint density at radius 2 is 2.20 bits per heavy atom. The fraction of sp³-hybridized carbons (Fsp3) is 1.00. The van der Waals surface area contributed by atoms with Gasteiger partial charge in [0.25, 0.3) is 0 Å². The second-order valence-electron chi connectivity index (χ2n) is 3.49. The van der Waals surface area contributed by atoms with Crippen LogP contribution in [0.3, 0.4) is 0 Å².